The number of hydrogen-bond acceptors (Lipinski definition) is 10. The van der Waals surface area contributed by atoms with Crippen molar-refractivity contribution in [3.63, 3.8) is 0 Å². The maximum atomic E-state index is 13.6. The molecule has 2 unspecified atom stereocenters. The molecule has 2 atom stereocenters. The van der Waals surface area contributed by atoms with Crippen LogP contribution >= 0.6 is 0 Å². The van der Waals surface area contributed by atoms with E-state index in [2.05, 4.69) is 0 Å². The standard InChI is InChI=1S/C29H28N2O8/c1-10(32)5-12-18-19-13(6-11(2)33)29(37-4)27(31)21-15(35)8-17-23(25(19)21)22-16(38-9-39-17)7-14(34)20(24(18)22)26(30)28(12)36-3/h7-8,10-11,32-33H,5-6,9,30-31H2,1-4H3. The molecule has 0 amide bonds. The van der Waals surface area contributed by atoms with E-state index in [1.54, 1.807) is 13.8 Å². The molecule has 1 heterocycles. The summed E-state index contributed by atoms with van der Waals surface area (Å²) in [6.07, 6.45) is -1.38. The monoisotopic (exact) mass is 532 g/mol. The van der Waals surface area contributed by atoms with Gasteiger partial charge >= 0.3 is 0 Å². The van der Waals surface area contributed by atoms with Crippen molar-refractivity contribution in [3.8, 4) is 23.0 Å². The number of ether oxygens (including phenoxy) is 4. The lowest BCUT2D eigenvalue weighted by atomic mass is 9.81. The zero-order chi connectivity index (χ0) is 27.9. The molecule has 0 saturated carbocycles. The summed E-state index contributed by atoms with van der Waals surface area (Å²) in [5.74, 6) is 1.04. The van der Waals surface area contributed by atoms with Gasteiger partial charge in [-0.05, 0) is 24.6 Å². The van der Waals surface area contributed by atoms with Crippen LogP contribution in [0.25, 0.3) is 43.1 Å². The Bertz CT molecular complexity index is 1790. The second-order valence-corrected chi connectivity index (χ2v) is 10.1. The smallest absolute Gasteiger partial charge is 0.230 e. The molecule has 10 nitrogen and oxygen atoms in total. The molecule has 5 aromatic rings. The van der Waals surface area contributed by atoms with Crippen LogP contribution in [0.2, 0.25) is 0 Å². The van der Waals surface area contributed by atoms with E-state index in [0.717, 1.165) is 0 Å². The Morgan fingerprint density at radius 2 is 1.10 bits per heavy atom. The van der Waals surface area contributed by atoms with Crippen molar-refractivity contribution in [3.05, 3.63) is 43.7 Å². The highest BCUT2D eigenvalue weighted by atomic mass is 16.7. The molecule has 0 aliphatic carbocycles. The lowest BCUT2D eigenvalue weighted by Gasteiger charge is -2.25. The van der Waals surface area contributed by atoms with Gasteiger partial charge in [0.15, 0.2) is 10.9 Å². The molecule has 0 radical (unpaired) electrons. The molecule has 6 rings (SSSR count). The summed E-state index contributed by atoms with van der Waals surface area (Å²) < 4.78 is 23.3. The summed E-state index contributed by atoms with van der Waals surface area (Å²) >= 11 is 0. The molecular formula is C29H28N2O8. The normalized spacial score (nSPS) is 14.6. The second kappa shape index (κ2) is 8.62. The first-order chi connectivity index (χ1) is 18.6. The van der Waals surface area contributed by atoms with Crippen LogP contribution in [0.1, 0.15) is 25.0 Å². The summed E-state index contributed by atoms with van der Waals surface area (Å²) in [7, 11) is 2.89. The van der Waals surface area contributed by atoms with Crippen LogP contribution in [-0.2, 0) is 12.8 Å². The number of anilines is 2. The van der Waals surface area contributed by atoms with Gasteiger partial charge < -0.3 is 40.6 Å². The molecule has 5 aromatic carbocycles. The summed E-state index contributed by atoms with van der Waals surface area (Å²) in [5.41, 5.74) is 13.8. The highest BCUT2D eigenvalue weighted by molar-refractivity contribution is 6.39. The van der Waals surface area contributed by atoms with E-state index in [1.165, 1.54) is 26.4 Å². The fraction of sp³-hybridized carbons (Fsp3) is 0.310. The average molecular weight is 533 g/mol. The van der Waals surface area contributed by atoms with Crippen molar-refractivity contribution in [1.82, 2.24) is 0 Å². The van der Waals surface area contributed by atoms with E-state index in [-0.39, 0.29) is 75.6 Å². The average Bonchev–Trinajstić information content (AvgIpc) is 3.03. The third-order valence-corrected chi connectivity index (χ3v) is 7.53. The van der Waals surface area contributed by atoms with Crippen molar-refractivity contribution in [2.75, 3.05) is 32.5 Å². The molecule has 0 bridgehead atoms. The molecule has 1 aliphatic heterocycles. The van der Waals surface area contributed by atoms with Crippen molar-refractivity contribution < 1.29 is 29.2 Å². The van der Waals surface area contributed by atoms with Gasteiger partial charge in [0.1, 0.15) is 23.0 Å². The fourth-order valence-electron chi connectivity index (χ4n) is 6.26. The molecular weight excluding hydrogens is 504 g/mol. The van der Waals surface area contributed by atoms with Crippen molar-refractivity contribution >= 4 is 54.5 Å². The Balaban J connectivity index is 2.13. The number of aliphatic hydroxyl groups excluding tert-OH is 2. The van der Waals surface area contributed by atoms with Gasteiger partial charge in [0.25, 0.3) is 0 Å². The van der Waals surface area contributed by atoms with Gasteiger partial charge in [-0.3, -0.25) is 9.59 Å². The van der Waals surface area contributed by atoms with Gasteiger partial charge in [0.2, 0.25) is 6.79 Å². The van der Waals surface area contributed by atoms with Gasteiger partial charge in [-0.1, -0.05) is 0 Å². The lowest BCUT2D eigenvalue weighted by Crippen LogP contribution is -2.15. The minimum Gasteiger partial charge on any atom is -0.494 e. The highest BCUT2D eigenvalue weighted by Crippen LogP contribution is 2.54. The molecule has 0 aromatic heterocycles. The van der Waals surface area contributed by atoms with E-state index in [9.17, 15) is 19.8 Å². The Kier molecular flexibility index (Phi) is 5.53. The summed E-state index contributed by atoms with van der Waals surface area (Å²) in [4.78, 5) is 27.1. The number of hydrogen-bond donors (Lipinski definition) is 4. The maximum Gasteiger partial charge on any atom is 0.230 e. The number of methoxy groups -OCH3 is 2. The number of nitrogens with two attached hydrogens (primary N) is 2. The molecule has 0 saturated heterocycles. The Morgan fingerprint density at radius 3 is 1.44 bits per heavy atom. The van der Waals surface area contributed by atoms with Gasteiger partial charge in [-0.2, -0.15) is 0 Å². The van der Waals surface area contributed by atoms with Crippen LogP contribution in [0.15, 0.2) is 21.7 Å². The maximum absolute atomic E-state index is 13.6. The first-order valence-electron chi connectivity index (χ1n) is 12.5. The van der Waals surface area contributed by atoms with Crippen molar-refractivity contribution in [1.29, 1.82) is 0 Å². The second-order valence-electron chi connectivity index (χ2n) is 10.1. The molecule has 202 valence electrons. The molecule has 0 spiro atoms. The Morgan fingerprint density at radius 1 is 0.718 bits per heavy atom. The topological polar surface area (TPSA) is 164 Å². The first-order valence-corrected chi connectivity index (χ1v) is 12.5. The third-order valence-electron chi connectivity index (χ3n) is 7.53. The molecule has 6 N–H and O–H groups in total. The quantitative estimate of drug-likeness (QED) is 0.145. The van der Waals surface area contributed by atoms with E-state index < -0.39 is 12.2 Å². The van der Waals surface area contributed by atoms with Crippen LogP contribution in [0, 0.1) is 0 Å². The summed E-state index contributed by atoms with van der Waals surface area (Å²) in [6.45, 7) is 3.04. The van der Waals surface area contributed by atoms with Crippen molar-refractivity contribution in [2.45, 2.75) is 38.9 Å². The fourth-order valence-corrected chi connectivity index (χ4v) is 6.26. The number of aliphatic hydroxyl groups is 2. The first kappa shape index (κ1) is 25.0. The van der Waals surface area contributed by atoms with Gasteiger partial charge in [-0.15, -0.1) is 0 Å². The predicted octanol–water partition coefficient (Wildman–Crippen LogP) is 2.65. The largest absolute Gasteiger partial charge is 0.494 e. The summed E-state index contributed by atoms with van der Waals surface area (Å²) in [5, 5.41) is 24.7. The number of fused-ring (bicyclic) bond motifs is 1. The third kappa shape index (κ3) is 3.28. The molecule has 10 heteroatoms. The van der Waals surface area contributed by atoms with Gasteiger partial charge in [0, 0.05) is 57.6 Å². The molecule has 0 fully saturated rings. The van der Waals surface area contributed by atoms with Crippen LogP contribution < -0.4 is 41.3 Å². The Labute approximate surface area is 221 Å². The van der Waals surface area contributed by atoms with Crippen LogP contribution in [0.3, 0.4) is 0 Å². The van der Waals surface area contributed by atoms with Gasteiger partial charge in [-0.25, -0.2) is 0 Å². The molecule has 39 heavy (non-hydrogen) atoms. The minimum absolute atomic E-state index is 0.120. The van der Waals surface area contributed by atoms with Gasteiger partial charge in [0.05, 0.1) is 48.6 Å². The SMILES string of the molecule is COc1c(N)c2c(=O)cc3c4c5c(cc(=O)c6c(N)c(OC)c(CC(C)O)c(c(c1CC(C)O)c24)c65)OCO3. The predicted molar refractivity (Wildman–Crippen MR) is 150 cm³/mol. The van der Waals surface area contributed by atoms with Crippen LogP contribution in [0.4, 0.5) is 11.4 Å². The minimum atomic E-state index is -0.810. The zero-order valence-electron chi connectivity index (χ0n) is 21.9. The zero-order valence-corrected chi connectivity index (χ0v) is 21.9. The lowest BCUT2D eigenvalue weighted by molar-refractivity contribution is 0.125. The number of nitrogen functional groups attached to an aromatic ring is 2. The number of benzene rings is 5. The van der Waals surface area contributed by atoms with E-state index in [0.29, 0.717) is 43.4 Å². The van der Waals surface area contributed by atoms with Crippen molar-refractivity contribution in [2.24, 2.45) is 0 Å². The molecule has 1 aliphatic rings. The Hall–Kier alpha value is -4.28. The van der Waals surface area contributed by atoms with E-state index >= 15 is 0 Å². The number of rotatable bonds is 6. The van der Waals surface area contributed by atoms with Crippen LogP contribution in [0.5, 0.6) is 23.0 Å². The van der Waals surface area contributed by atoms with Crippen LogP contribution in [-0.4, -0.2) is 43.4 Å². The van der Waals surface area contributed by atoms with E-state index in [1.807, 2.05) is 0 Å². The highest BCUT2D eigenvalue weighted by Gasteiger charge is 2.33. The summed E-state index contributed by atoms with van der Waals surface area (Å²) in [6, 6.07) is 2.71. The van der Waals surface area contributed by atoms with E-state index in [4.69, 9.17) is 30.4 Å².